The van der Waals surface area contributed by atoms with Crippen LogP contribution in [-0.4, -0.2) is 19.0 Å². The van der Waals surface area contributed by atoms with E-state index in [9.17, 15) is 0 Å². The lowest BCUT2D eigenvalue weighted by molar-refractivity contribution is 0.597. The topological polar surface area (TPSA) is 3.24 Å². The number of hydrogen-bond donors (Lipinski definition) is 0. The fourth-order valence-corrected chi connectivity index (χ4v) is 0.225. The van der Waals surface area contributed by atoms with Gasteiger partial charge in [-0.2, -0.15) is 0 Å². The lowest BCUT2D eigenvalue weighted by Crippen LogP contribution is -2.00. The summed E-state index contributed by atoms with van der Waals surface area (Å²) in [5.41, 5.74) is 0. The molecule has 0 atom stereocenters. The molecule has 8 heavy (non-hydrogen) atoms. The quantitative estimate of drug-likeness (QED) is 0.274. The highest BCUT2D eigenvalue weighted by atomic mass is 15.0. The van der Waals surface area contributed by atoms with Crippen molar-refractivity contribution in [3.63, 3.8) is 0 Å². The number of nitrogens with zero attached hydrogens (tertiary/aromatic N) is 1. The molecule has 0 saturated heterocycles. The molecule has 0 unspecified atom stereocenters. The Bertz CT molecular complexity index is 114. The van der Waals surface area contributed by atoms with Crippen LogP contribution in [0.5, 0.6) is 0 Å². The van der Waals surface area contributed by atoms with Gasteiger partial charge in [-0.15, -0.1) is 0 Å². The first kappa shape index (κ1) is 6.97. The zero-order chi connectivity index (χ0) is 6.41. The second-order valence-corrected chi connectivity index (χ2v) is 1.55. The van der Waals surface area contributed by atoms with Gasteiger partial charge in [0.2, 0.25) is 0 Å². The third-order valence-electron chi connectivity index (χ3n) is 0.489. The fraction of sp³-hybridized carbons (Fsp3) is 0.286. The Kier molecular flexibility index (Phi) is 3.60. The summed E-state index contributed by atoms with van der Waals surface area (Å²) in [4.78, 5) is 1.79. The van der Waals surface area contributed by atoms with E-state index in [1.807, 2.05) is 14.1 Å². The Hall–Kier alpha value is -1.03. The van der Waals surface area contributed by atoms with Crippen molar-refractivity contribution >= 4 is 0 Å². The lowest BCUT2D eigenvalue weighted by atomic mass is 10.4. The zero-order valence-corrected chi connectivity index (χ0v) is 5.31. The van der Waals surface area contributed by atoms with Crippen LogP contribution in [0.15, 0.2) is 12.7 Å². The number of hydrogen-bond acceptors (Lipinski definition) is 1. The predicted octanol–water partition coefficient (Wildman–Crippen LogP) is 0.899. The number of allylic oxidation sites excluding steroid dienone is 1. The predicted molar refractivity (Wildman–Crippen MR) is 36.0 cm³/mol. The Labute approximate surface area is 51.0 Å². The van der Waals surface area contributed by atoms with Crippen molar-refractivity contribution < 1.29 is 0 Å². The molecule has 0 heterocycles. The van der Waals surface area contributed by atoms with Gasteiger partial charge < -0.3 is 0 Å². The molecule has 0 spiro atoms. The molecular weight excluding hydrogens is 98.1 g/mol. The molecule has 0 aromatic rings. The van der Waals surface area contributed by atoms with Gasteiger partial charge in [0.1, 0.15) is 0 Å². The second kappa shape index (κ2) is 4.14. The minimum atomic E-state index is 1.66. The minimum absolute atomic E-state index is 1.66. The summed E-state index contributed by atoms with van der Waals surface area (Å²) < 4.78 is 0. The molecule has 0 amide bonds. The molecule has 0 aliphatic rings. The summed E-state index contributed by atoms with van der Waals surface area (Å²) >= 11 is 0. The van der Waals surface area contributed by atoms with E-state index in [-0.39, 0.29) is 0 Å². The van der Waals surface area contributed by atoms with E-state index >= 15 is 0 Å². The maximum Gasteiger partial charge on any atom is 0.168 e. The molecule has 1 nitrogen and oxygen atoms in total. The molecule has 0 radical (unpaired) electrons. The molecule has 0 aliphatic carbocycles. The molecule has 0 N–H and O–H groups in total. The normalized spacial score (nSPS) is 6.25. The highest BCUT2D eigenvalue weighted by Gasteiger charge is 1.78. The summed E-state index contributed by atoms with van der Waals surface area (Å²) in [6.07, 6.45) is 3.37. The summed E-state index contributed by atoms with van der Waals surface area (Å²) in [6.45, 7) is 3.48. The zero-order valence-electron chi connectivity index (χ0n) is 5.31. The molecule has 0 aliphatic heterocycles. The van der Waals surface area contributed by atoms with Crippen LogP contribution < -0.4 is 0 Å². The maximum atomic E-state index is 3.48. The van der Waals surface area contributed by atoms with E-state index in [0.29, 0.717) is 0 Å². The van der Waals surface area contributed by atoms with Crippen molar-refractivity contribution in [1.82, 2.24) is 4.90 Å². The first-order valence-corrected chi connectivity index (χ1v) is 2.40. The summed E-state index contributed by atoms with van der Waals surface area (Å²) in [6, 6.07) is 2.80. The van der Waals surface area contributed by atoms with Crippen molar-refractivity contribution in [3.8, 4) is 12.0 Å². The van der Waals surface area contributed by atoms with Crippen LogP contribution >= 0.6 is 0 Å². The van der Waals surface area contributed by atoms with Gasteiger partial charge in [0.15, 0.2) is 6.04 Å². The standard InChI is InChI=1S/C7H10N/c1-4-5-6-7-8(2)3/h4-5H,1H2,2-3H3/q+1. The highest BCUT2D eigenvalue weighted by molar-refractivity contribution is 5.15. The van der Waals surface area contributed by atoms with E-state index in [4.69, 9.17) is 0 Å². The summed E-state index contributed by atoms with van der Waals surface area (Å²) in [7, 11) is 3.79. The van der Waals surface area contributed by atoms with Gasteiger partial charge in [-0.1, -0.05) is 0 Å². The highest BCUT2D eigenvalue weighted by Crippen LogP contribution is 1.71. The van der Waals surface area contributed by atoms with E-state index in [2.05, 4.69) is 18.5 Å². The lowest BCUT2D eigenvalue weighted by Gasteiger charge is -1.88. The maximum absolute atomic E-state index is 3.48. The van der Waals surface area contributed by atoms with Gasteiger partial charge in [-0.05, 0) is 6.58 Å². The van der Waals surface area contributed by atoms with Gasteiger partial charge in [0, 0.05) is 20.2 Å². The van der Waals surface area contributed by atoms with Gasteiger partial charge in [0.05, 0.1) is 12.3 Å². The van der Waals surface area contributed by atoms with Crippen molar-refractivity contribution in [1.29, 1.82) is 0 Å². The Morgan fingerprint density at radius 2 is 2.25 bits per heavy atom. The van der Waals surface area contributed by atoms with Crippen molar-refractivity contribution in [2.45, 2.75) is 0 Å². The van der Waals surface area contributed by atoms with Crippen LogP contribution in [0.4, 0.5) is 0 Å². The van der Waals surface area contributed by atoms with E-state index in [0.717, 1.165) is 0 Å². The molecule has 1 heteroatoms. The van der Waals surface area contributed by atoms with E-state index in [1.54, 1.807) is 17.4 Å². The Balaban J connectivity index is 3.34. The molecule has 0 aromatic carbocycles. The van der Waals surface area contributed by atoms with E-state index in [1.165, 1.54) is 0 Å². The van der Waals surface area contributed by atoms with E-state index < -0.39 is 0 Å². The summed E-state index contributed by atoms with van der Waals surface area (Å²) in [5, 5.41) is 0. The SMILES string of the molecule is C=C[CH+]C#CN(C)C. The largest absolute Gasteiger partial charge is 0.280 e. The molecule has 0 saturated carbocycles. The van der Waals surface area contributed by atoms with Crippen molar-refractivity contribution in [2.75, 3.05) is 14.1 Å². The second-order valence-electron chi connectivity index (χ2n) is 1.55. The number of rotatable bonds is 1. The van der Waals surface area contributed by atoms with Crippen LogP contribution in [0.25, 0.3) is 0 Å². The van der Waals surface area contributed by atoms with Crippen LogP contribution in [-0.2, 0) is 0 Å². The van der Waals surface area contributed by atoms with Crippen LogP contribution in [0.3, 0.4) is 0 Å². The smallest absolute Gasteiger partial charge is 0.168 e. The van der Waals surface area contributed by atoms with Gasteiger partial charge >= 0.3 is 0 Å². The van der Waals surface area contributed by atoms with Crippen molar-refractivity contribution in [3.05, 3.63) is 19.1 Å². The van der Waals surface area contributed by atoms with Crippen LogP contribution in [0.2, 0.25) is 0 Å². The van der Waals surface area contributed by atoms with Gasteiger partial charge in [-0.3, -0.25) is 4.90 Å². The van der Waals surface area contributed by atoms with Gasteiger partial charge in [-0.25, -0.2) is 0 Å². The minimum Gasteiger partial charge on any atom is -0.280 e. The first-order chi connectivity index (χ1) is 3.77. The van der Waals surface area contributed by atoms with Crippen LogP contribution in [0, 0.1) is 18.4 Å². The Morgan fingerprint density at radius 1 is 1.62 bits per heavy atom. The van der Waals surface area contributed by atoms with Gasteiger partial charge in [0.25, 0.3) is 0 Å². The molecule has 42 valence electrons. The average Bonchev–Trinajstić information content (AvgIpc) is 1.66. The van der Waals surface area contributed by atoms with Crippen LogP contribution in [0.1, 0.15) is 0 Å². The Morgan fingerprint density at radius 3 is 2.62 bits per heavy atom. The van der Waals surface area contributed by atoms with Crippen molar-refractivity contribution in [2.24, 2.45) is 0 Å². The molecule has 0 fully saturated rings. The average molecular weight is 108 g/mol. The third kappa shape index (κ3) is 4.97. The molecule has 0 rings (SSSR count). The monoisotopic (exact) mass is 108 g/mol. The first-order valence-electron chi connectivity index (χ1n) is 2.40. The summed E-state index contributed by atoms with van der Waals surface area (Å²) in [5.74, 6) is 2.77. The molecular formula is C7H10N+. The molecule has 0 bridgehead atoms. The third-order valence-corrected chi connectivity index (χ3v) is 0.489. The fourth-order valence-electron chi connectivity index (χ4n) is 0.225. The molecule has 0 aromatic heterocycles.